The standard InChI is InChI=1S/C10H8ClN5S2/c1-5-14-15-10(16(5)2)18-8-6-3-4-17-7(6)12-9(11)13-8/h3-4H,1-2H3. The third-order valence-electron chi connectivity index (χ3n) is 2.50. The number of aromatic nitrogens is 5. The van der Waals surface area contributed by atoms with Gasteiger partial charge in [0.25, 0.3) is 0 Å². The fourth-order valence-electron chi connectivity index (χ4n) is 1.44. The van der Waals surface area contributed by atoms with Gasteiger partial charge in [-0.2, -0.15) is 0 Å². The van der Waals surface area contributed by atoms with E-state index in [-0.39, 0.29) is 5.28 Å². The monoisotopic (exact) mass is 297 g/mol. The van der Waals surface area contributed by atoms with Crippen molar-refractivity contribution in [1.82, 2.24) is 24.7 Å². The largest absolute Gasteiger partial charge is 0.309 e. The molecule has 0 aliphatic rings. The third-order valence-corrected chi connectivity index (χ3v) is 4.52. The fraction of sp³-hybridized carbons (Fsp3) is 0.200. The quantitative estimate of drug-likeness (QED) is 0.538. The zero-order valence-electron chi connectivity index (χ0n) is 9.59. The molecule has 0 saturated carbocycles. The van der Waals surface area contributed by atoms with E-state index in [9.17, 15) is 0 Å². The Kier molecular flexibility index (Phi) is 2.96. The smallest absolute Gasteiger partial charge is 0.224 e. The molecular formula is C10H8ClN5S2. The Morgan fingerprint density at radius 2 is 2.17 bits per heavy atom. The highest BCUT2D eigenvalue weighted by Gasteiger charge is 2.13. The maximum absolute atomic E-state index is 5.92. The van der Waals surface area contributed by atoms with E-state index in [0.29, 0.717) is 0 Å². The van der Waals surface area contributed by atoms with Gasteiger partial charge in [-0.3, -0.25) is 0 Å². The molecule has 0 N–H and O–H groups in total. The van der Waals surface area contributed by atoms with E-state index in [1.165, 1.54) is 11.8 Å². The predicted molar refractivity (Wildman–Crippen MR) is 72.3 cm³/mol. The molecule has 8 heteroatoms. The lowest BCUT2D eigenvalue weighted by molar-refractivity contribution is 0.765. The highest BCUT2D eigenvalue weighted by atomic mass is 35.5. The number of aryl methyl sites for hydroxylation is 1. The first-order valence-corrected chi connectivity index (χ1v) is 7.17. The summed E-state index contributed by atoms with van der Waals surface area (Å²) in [4.78, 5) is 9.33. The Balaban J connectivity index is 2.09. The summed E-state index contributed by atoms with van der Waals surface area (Å²) in [7, 11) is 1.92. The van der Waals surface area contributed by atoms with E-state index >= 15 is 0 Å². The van der Waals surface area contributed by atoms with Crippen molar-refractivity contribution in [2.75, 3.05) is 0 Å². The van der Waals surface area contributed by atoms with Gasteiger partial charge in [0.15, 0.2) is 5.16 Å². The minimum absolute atomic E-state index is 0.256. The summed E-state index contributed by atoms with van der Waals surface area (Å²) in [6.07, 6.45) is 0. The van der Waals surface area contributed by atoms with Gasteiger partial charge in [-0.25, -0.2) is 9.97 Å². The molecule has 0 amide bonds. The number of rotatable bonds is 2. The van der Waals surface area contributed by atoms with Crippen LogP contribution in [0.3, 0.4) is 0 Å². The minimum atomic E-state index is 0.256. The molecule has 3 heterocycles. The van der Waals surface area contributed by atoms with Crippen molar-refractivity contribution < 1.29 is 0 Å². The van der Waals surface area contributed by atoms with Crippen molar-refractivity contribution in [3.63, 3.8) is 0 Å². The number of nitrogens with zero attached hydrogens (tertiary/aromatic N) is 5. The number of fused-ring (bicyclic) bond motifs is 1. The molecule has 3 rings (SSSR count). The van der Waals surface area contributed by atoms with Crippen molar-refractivity contribution in [3.05, 3.63) is 22.6 Å². The summed E-state index contributed by atoms with van der Waals surface area (Å²) in [5.74, 6) is 0.860. The average Bonchev–Trinajstić information content (AvgIpc) is 2.90. The Hall–Kier alpha value is -1.18. The molecule has 0 radical (unpaired) electrons. The molecule has 0 atom stereocenters. The van der Waals surface area contributed by atoms with Crippen LogP contribution in [0, 0.1) is 6.92 Å². The van der Waals surface area contributed by atoms with E-state index in [4.69, 9.17) is 11.6 Å². The highest BCUT2D eigenvalue weighted by Crippen LogP contribution is 2.33. The van der Waals surface area contributed by atoms with Crippen LogP contribution in [0.1, 0.15) is 5.82 Å². The van der Waals surface area contributed by atoms with Gasteiger partial charge in [-0.15, -0.1) is 21.5 Å². The van der Waals surface area contributed by atoms with E-state index in [2.05, 4.69) is 20.2 Å². The van der Waals surface area contributed by atoms with Gasteiger partial charge in [0, 0.05) is 12.4 Å². The lowest BCUT2D eigenvalue weighted by Gasteiger charge is -2.02. The van der Waals surface area contributed by atoms with Gasteiger partial charge in [-0.05, 0) is 41.7 Å². The van der Waals surface area contributed by atoms with Gasteiger partial charge in [0.05, 0.1) is 0 Å². The summed E-state index contributed by atoms with van der Waals surface area (Å²) >= 11 is 8.91. The molecule has 3 aromatic heterocycles. The summed E-state index contributed by atoms with van der Waals surface area (Å²) in [6.45, 7) is 1.91. The summed E-state index contributed by atoms with van der Waals surface area (Å²) < 4.78 is 1.92. The summed E-state index contributed by atoms with van der Waals surface area (Å²) in [5.41, 5.74) is 0. The predicted octanol–water partition coefficient (Wildman–Crippen LogP) is 2.93. The van der Waals surface area contributed by atoms with Gasteiger partial charge >= 0.3 is 0 Å². The van der Waals surface area contributed by atoms with Gasteiger partial charge in [-0.1, -0.05) is 0 Å². The van der Waals surface area contributed by atoms with Crippen LogP contribution in [0.5, 0.6) is 0 Å². The second kappa shape index (κ2) is 4.49. The van der Waals surface area contributed by atoms with E-state index in [1.807, 2.05) is 30.0 Å². The molecule has 92 valence electrons. The molecule has 18 heavy (non-hydrogen) atoms. The maximum Gasteiger partial charge on any atom is 0.224 e. The number of halogens is 1. The second-order valence-electron chi connectivity index (χ2n) is 3.63. The molecule has 5 nitrogen and oxygen atoms in total. The Labute approximate surface area is 116 Å². The van der Waals surface area contributed by atoms with E-state index < -0.39 is 0 Å². The number of thiophene rings is 1. The van der Waals surface area contributed by atoms with Crippen LogP contribution in [-0.2, 0) is 7.05 Å². The molecule has 0 aromatic carbocycles. The SMILES string of the molecule is Cc1nnc(Sc2nc(Cl)nc3sccc23)n1C. The van der Waals surface area contributed by atoms with Crippen molar-refractivity contribution in [3.8, 4) is 0 Å². The maximum atomic E-state index is 5.92. The Morgan fingerprint density at radius 3 is 2.89 bits per heavy atom. The Morgan fingerprint density at radius 1 is 1.33 bits per heavy atom. The molecule has 0 aliphatic heterocycles. The molecule has 0 aliphatic carbocycles. The first-order valence-electron chi connectivity index (χ1n) is 5.10. The second-order valence-corrected chi connectivity index (χ2v) is 5.82. The summed E-state index contributed by atoms with van der Waals surface area (Å²) in [5, 5.41) is 12.9. The van der Waals surface area contributed by atoms with Gasteiger partial charge < -0.3 is 4.57 Å². The van der Waals surface area contributed by atoms with E-state index in [0.717, 1.165) is 26.2 Å². The summed E-state index contributed by atoms with van der Waals surface area (Å²) in [6, 6.07) is 1.99. The van der Waals surface area contributed by atoms with Crippen LogP contribution in [-0.4, -0.2) is 24.7 Å². The Bertz CT molecular complexity index is 720. The van der Waals surface area contributed by atoms with E-state index in [1.54, 1.807) is 11.3 Å². The molecule has 3 aromatic rings. The lowest BCUT2D eigenvalue weighted by atomic mass is 10.4. The zero-order valence-corrected chi connectivity index (χ0v) is 12.0. The lowest BCUT2D eigenvalue weighted by Crippen LogP contribution is -1.94. The number of hydrogen-bond donors (Lipinski definition) is 0. The molecule has 0 unspecified atom stereocenters. The van der Waals surface area contributed by atoms with Crippen LogP contribution >= 0.6 is 34.7 Å². The van der Waals surface area contributed by atoms with Crippen molar-refractivity contribution in [2.45, 2.75) is 17.1 Å². The van der Waals surface area contributed by atoms with Gasteiger partial charge in [0.2, 0.25) is 5.28 Å². The average molecular weight is 298 g/mol. The number of hydrogen-bond acceptors (Lipinski definition) is 6. The first kappa shape index (κ1) is 11.9. The van der Waals surface area contributed by atoms with Crippen LogP contribution in [0.2, 0.25) is 5.28 Å². The van der Waals surface area contributed by atoms with Crippen LogP contribution in [0.15, 0.2) is 21.6 Å². The molecule has 0 saturated heterocycles. The molecule has 0 bridgehead atoms. The molecule has 0 spiro atoms. The molecule has 0 fully saturated rings. The van der Waals surface area contributed by atoms with Crippen molar-refractivity contribution in [2.24, 2.45) is 7.05 Å². The zero-order chi connectivity index (χ0) is 12.7. The van der Waals surface area contributed by atoms with Crippen LogP contribution in [0.4, 0.5) is 0 Å². The minimum Gasteiger partial charge on any atom is -0.309 e. The van der Waals surface area contributed by atoms with Crippen molar-refractivity contribution >= 4 is 44.9 Å². The van der Waals surface area contributed by atoms with Crippen molar-refractivity contribution in [1.29, 1.82) is 0 Å². The fourth-order valence-corrected chi connectivity index (χ4v) is 3.47. The highest BCUT2D eigenvalue weighted by molar-refractivity contribution is 7.99. The molecular weight excluding hydrogens is 290 g/mol. The van der Waals surface area contributed by atoms with Crippen LogP contribution in [0.25, 0.3) is 10.2 Å². The topological polar surface area (TPSA) is 56.5 Å². The normalized spacial score (nSPS) is 11.3. The third kappa shape index (κ3) is 1.98. The first-order chi connectivity index (χ1) is 8.65. The van der Waals surface area contributed by atoms with Crippen LogP contribution < -0.4 is 0 Å². The van der Waals surface area contributed by atoms with Gasteiger partial charge in [0.1, 0.15) is 15.7 Å².